The Labute approximate surface area is 142 Å². The van der Waals surface area contributed by atoms with E-state index in [9.17, 15) is 4.79 Å². The molecule has 1 heterocycles. The summed E-state index contributed by atoms with van der Waals surface area (Å²) in [5.74, 6) is 0. The molecule has 1 aliphatic heterocycles. The number of ether oxygens (including phenoxy) is 1. The molecule has 1 aromatic carbocycles. The standard InChI is InChI=1S/C16H21ClN2O2.ClH/c17-13-3-1-2-12(10-13)16(11-18)6-4-14(5-7-16)19-8-9-21-15(19)20;/h1-3,10,14H,4-9,11,18H2;1H/t14-,16-;. The number of amides is 1. The third-order valence-electron chi connectivity index (χ3n) is 4.97. The second-order valence-electron chi connectivity index (χ2n) is 6.03. The molecule has 6 heteroatoms. The smallest absolute Gasteiger partial charge is 0.410 e. The van der Waals surface area contributed by atoms with Crippen molar-refractivity contribution in [1.82, 2.24) is 4.90 Å². The fourth-order valence-electron chi connectivity index (χ4n) is 3.63. The van der Waals surface area contributed by atoms with Crippen LogP contribution in [0, 0.1) is 0 Å². The molecule has 0 unspecified atom stereocenters. The predicted octanol–water partition coefficient (Wildman–Crippen LogP) is 3.35. The van der Waals surface area contributed by atoms with Crippen molar-refractivity contribution >= 4 is 30.1 Å². The van der Waals surface area contributed by atoms with Crippen molar-refractivity contribution in [3.8, 4) is 0 Å². The van der Waals surface area contributed by atoms with Gasteiger partial charge in [0.15, 0.2) is 0 Å². The van der Waals surface area contributed by atoms with Crippen molar-refractivity contribution < 1.29 is 9.53 Å². The molecule has 0 aromatic heterocycles. The summed E-state index contributed by atoms with van der Waals surface area (Å²) in [6.07, 6.45) is 3.75. The lowest BCUT2D eigenvalue weighted by Crippen LogP contribution is -2.45. The minimum Gasteiger partial charge on any atom is -0.448 e. The number of nitrogens with two attached hydrogens (primary N) is 1. The van der Waals surface area contributed by atoms with E-state index in [1.54, 1.807) is 0 Å². The number of benzene rings is 1. The Balaban J connectivity index is 0.00000176. The summed E-state index contributed by atoms with van der Waals surface area (Å²) >= 11 is 6.12. The van der Waals surface area contributed by atoms with E-state index in [0.29, 0.717) is 19.2 Å². The zero-order valence-electron chi connectivity index (χ0n) is 12.5. The first-order valence-corrected chi connectivity index (χ1v) is 7.92. The third-order valence-corrected chi connectivity index (χ3v) is 5.21. The molecule has 1 saturated heterocycles. The van der Waals surface area contributed by atoms with E-state index < -0.39 is 0 Å². The number of halogens is 2. The van der Waals surface area contributed by atoms with Gasteiger partial charge >= 0.3 is 6.09 Å². The van der Waals surface area contributed by atoms with E-state index in [1.807, 2.05) is 23.1 Å². The summed E-state index contributed by atoms with van der Waals surface area (Å²) in [6.45, 7) is 1.85. The van der Waals surface area contributed by atoms with Gasteiger partial charge in [-0.25, -0.2) is 4.79 Å². The SMILES string of the molecule is Cl.NC[C@]1(c2cccc(Cl)c2)CC[C@H](N2CCOC2=O)CC1. The van der Waals surface area contributed by atoms with E-state index >= 15 is 0 Å². The number of nitrogens with zero attached hydrogens (tertiary/aromatic N) is 1. The molecule has 4 nitrogen and oxygen atoms in total. The Morgan fingerprint density at radius 2 is 2.09 bits per heavy atom. The van der Waals surface area contributed by atoms with Gasteiger partial charge in [-0.3, -0.25) is 0 Å². The lowest BCUT2D eigenvalue weighted by molar-refractivity contribution is 0.127. The van der Waals surface area contributed by atoms with Gasteiger partial charge in [0.25, 0.3) is 0 Å². The first kappa shape index (κ1) is 17.4. The zero-order valence-corrected chi connectivity index (χ0v) is 14.0. The van der Waals surface area contributed by atoms with Crippen LogP contribution in [0.25, 0.3) is 0 Å². The Morgan fingerprint density at radius 1 is 1.36 bits per heavy atom. The van der Waals surface area contributed by atoms with Crippen LogP contribution in [0.2, 0.25) is 5.02 Å². The molecular weight excluding hydrogens is 323 g/mol. The van der Waals surface area contributed by atoms with Crippen molar-refractivity contribution in [2.24, 2.45) is 5.73 Å². The molecule has 1 aliphatic carbocycles. The predicted molar refractivity (Wildman–Crippen MR) is 89.7 cm³/mol. The second-order valence-corrected chi connectivity index (χ2v) is 6.47. The van der Waals surface area contributed by atoms with Crippen LogP contribution in [0.4, 0.5) is 4.79 Å². The number of hydrogen-bond acceptors (Lipinski definition) is 3. The molecule has 3 rings (SSSR count). The molecule has 1 saturated carbocycles. The quantitative estimate of drug-likeness (QED) is 0.914. The van der Waals surface area contributed by atoms with Gasteiger partial charge in [0, 0.05) is 23.0 Å². The molecule has 1 aromatic rings. The molecule has 2 fully saturated rings. The maximum Gasteiger partial charge on any atom is 0.410 e. The molecule has 0 bridgehead atoms. The summed E-state index contributed by atoms with van der Waals surface area (Å²) in [7, 11) is 0. The van der Waals surface area contributed by atoms with Crippen molar-refractivity contribution in [2.75, 3.05) is 19.7 Å². The number of hydrogen-bond donors (Lipinski definition) is 1. The van der Waals surface area contributed by atoms with Gasteiger partial charge in [0.2, 0.25) is 0 Å². The van der Waals surface area contributed by atoms with Gasteiger partial charge in [-0.2, -0.15) is 0 Å². The lowest BCUT2D eigenvalue weighted by atomic mass is 9.68. The fourth-order valence-corrected chi connectivity index (χ4v) is 3.82. The summed E-state index contributed by atoms with van der Waals surface area (Å²) in [6, 6.07) is 8.31. The van der Waals surface area contributed by atoms with Gasteiger partial charge in [0.05, 0.1) is 6.54 Å². The van der Waals surface area contributed by atoms with Crippen LogP contribution in [0.3, 0.4) is 0 Å². The first-order valence-electron chi connectivity index (χ1n) is 7.54. The molecule has 2 aliphatic rings. The summed E-state index contributed by atoms with van der Waals surface area (Å²) in [4.78, 5) is 13.6. The van der Waals surface area contributed by atoms with Gasteiger partial charge in [-0.05, 0) is 43.4 Å². The molecule has 0 atom stereocenters. The van der Waals surface area contributed by atoms with Crippen molar-refractivity contribution in [1.29, 1.82) is 0 Å². The highest BCUT2D eigenvalue weighted by Crippen LogP contribution is 2.41. The van der Waals surface area contributed by atoms with E-state index in [-0.39, 0.29) is 23.9 Å². The minimum atomic E-state index is -0.164. The normalized spacial score (nSPS) is 28.2. The third kappa shape index (κ3) is 3.19. The van der Waals surface area contributed by atoms with Crippen LogP contribution in [0.1, 0.15) is 31.2 Å². The van der Waals surface area contributed by atoms with E-state index in [4.69, 9.17) is 22.1 Å². The molecule has 0 radical (unpaired) electrons. The minimum absolute atomic E-state index is 0. The molecule has 1 amide bonds. The molecular formula is C16H22Cl2N2O2. The average molecular weight is 345 g/mol. The molecule has 0 spiro atoms. The van der Waals surface area contributed by atoms with Gasteiger partial charge < -0.3 is 15.4 Å². The van der Waals surface area contributed by atoms with Crippen LogP contribution in [0.15, 0.2) is 24.3 Å². The van der Waals surface area contributed by atoms with E-state index in [2.05, 4.69) is 6.07 Å². The Kier molecular flexibility index (Phi) is 5.59. The molecule has 2 N–H and O–H groups in total. The Hall–Kier alpha value is -0.970. The topological polar surface area (TPSA) is 55.6 Å². The largest absolute Gasteiger partial charge is 0.448 e. The number of carbonyl (C=O) groups excluding carboxylic acids is 1. The van der Waals surface area contributed by atoms with Crippen molar-refractivity contribution in [3.05, 3.63) is 34.9 Å². The first-order chi connectivity index (χ1) is 10.1. The maximum absolute atomic E-state index is 11.7. The van der Waals surface area contributed by atoms with Gasteiger partial charge in [-0.15, -0.1) is 12.4 Å². The monoisotopic (exact) mass is 344 g/mol. The fraction of sp³-hybridized carbons (Fsp3) is 0.562. The highest BCUT2D eigenvalue weighted by atomic mass is 35.5. The van der Waals surface area contributed by atoms with Crippen molar-refractivity contribution in [3.63, 3.8) is 0 Å². The van der Waals surface area contributed by atoms with Crippen LogP contribution in [0.5, 0.6) is 0 Å². The summed E-state index contributed by atoms with van der Waals surface area (Å²) in [5.41, 5.74) is 7.31. The van der Waals surface area contributed by atoms with Crippen LogP contribution in [-0.4, -0.2) is 36.7 Å². The highest BCUT2D eigenvalue weighted by molar-refractivity contribution is 6.30. The maximum atomic E-state index is 11.7. The number of carbonyl (C=O) groups is 1. The highest BCUT2D eigenvalue weighted by Gasteiger charge is 2.40. The number of rotatable bonds is 3. The summed E-state index contributed by atoms with van der Waals surface area (Å²) in [5, 5.41) is 0.755. The second kappa shape index (κ2) is 7.07. The summed E-state index contributed by atoms with van der Waals surface area (Å²) < 4.78 is 5.04. The van der Waals surface area contributed by atoms with Crippen LogP contribution < -0.4 is 5.73 Å². The van der Waals surface area contributed by atoms with Crippen LogP contribution in [-0.2, 0) is 10.2 Å². The van der Waals surface area contributed by atoms with E-state index in [1.165, 1.54) is 5.56 Å². The van der Waals surface area contributed by atoms with E-state index in [0.717, 1.165) is 37.3 Å². The molecule has 22 heavy (non-hydrogen) atoms. The Morgan fingerprint density at radius 3 is 2.64 bits per heavy atom. The van der Waals surface area contributed by atoms with Crippen LogP contribution >= 0.6 is 24.0 Å². The average Bonchev–Trinajstić information content (AvgIpc) is 2.93. The van der Waals surface area contributed by atoms with Crippen molar-refractivity contribution in [2.45, 2.75) is 37.1 Å². The van der Waals surface area contributed by atoms with Gasteiger partial charge in [-0.1, -0.05) is 23.7 Å². The van der Waals surface area contributed by atoms with Gasteiger partial charge in [0.1, 0.15) is 6.61 Å². The molecule has 122 valence electrons. The Bertz CT molecular complexity index is 531. The lowest BCUT2D eigenvalue weighted by Gasteiger charge is -2.42. The number of cyclic esters (lactones) is 1. The zero-order chi connectivity index (χ0) is 14.9.